The van der Waals surface area contributed by atoms with E-state index in [0.29, 0.717) is 0 Å². The van der Waals surface area contributed by atoms with E-state index in [1.165, 1.54) is 32.5 Å². The minimum atomic E-state index is -0.135. The molecular weight excluding hydrogens is 200 g/mol. The molecule has 1 N–H and O–H groups in total. The molecule has 0 fully saturated rings. The van der Waals surface area contributed by atoms with Crippen LogP contribution in [-0.4, -0.2) is 61.3 Å². The van der Waals surface area contributed by atoms with E-state index >= 15 is 0 Å². The summed E-state index contributed by atoms with van der Waals surface area (Å²) in [5.74, 6) is 0. The van der Waals surface area contributed by atoms with Gasteiger partial charge >= 0.3 is 0 Å². The largest absolute Gasteiger partial charge is 0.393 e. The van der Waals surface area contributed by atoms with E-state index in [1.807, 2.05) is 6.92 Å². The molecular formula is C13H30N2O. The van der Waals surface area contributed by atoms with Gasteiger partial charge in [0.15, 0.2) is 0 Å². The zero-order valence-corrected chi connectivity index (χ0v) is 11.6. The van der Waals surface area contributed by atoms with E-state index in [1.54, 1.807) is 0 Å². The minimum Gasteiger partial charge on any atom is -0.393 e. The summed E-state index contributed by atoms with van der Waals surface area (Å²) in [4.78, 5) is 4.74. The topological polar surface area (TPSA) is 26.7 Å². The second-order valence-electron chi connectivity index (χ2n) is 4.94. The highest BCUT2D eigenvalue weighted by Gasteiger charge is 2.03. The molecule has 0 bridgehead atoms. The zero-order valence-electron chi connectivity index (χ0n) is 11.6. The van der Waals surface area contributed by atoms with Gasteiger partial charge < -0.3 is 14.9 Å². The zero-order chi connectivity index (χ0) is 12.4. The first-order valence-corrected chi connectivity index (χ1v) is 6.61. The van der Waals surface area contributed by atoms with Crippen molar-refractivity contribution in [1.29, 1.82) is 0 Å². The van der Waals surface area contributed by atoms with E-state index in [2.05, 4.69) is 30.8 Å². The fourth-order valence-electron chi connectivity index (χ4n) is 1.81. The van der Waals surface area contributed by atoms with E-state index in [9.17, 15) is 0 Å². The third-order valence-electron chi connectivity index (χ3n) is 2.87. The molecule has 0 aromatic rings. The molecule has 0 saturated carbocycles. The van der Waals surface area contributed by atoms with Crippen LogP contribution in [0.15, 0.2) is 0 Å². The maximum Gasteiger partial charge on any atom is 0.0512 e. The fourth-order valence-corrected chi connectivity index (χ4v) is 1.81. The molecule has 0 heterocycles. The SMILES string of the molecule is CCN(CCCCC(C)O)CCCN(C)C. The first-order chi connectivity index (χ1) is 7.56. The Morgan fingerprint density at radius 3 is 2.12 bits per heavy atom. The lowest BCUT2D eigenvalue weighted by Crippen LogP contribution is -2.28. The molecule has 0 spiro atoms. The third-order valence-corrected chi connectivity index (χ3v) is 2.87. The second kappa shape index (κ2) is 10.1. The molecule has 0 aromatic carbocycles. The summed E-state index contributed by atoms with van der Waals surface area (Å²) in [7, 11) is 4.25. The Morgan fingerprint density at radius 1 is 1.00 bits per heavy atom. The number of rotatable bonds is 10. The first kappa shape index (κ1) is 15.9. The Morgan fingerprint density at radius 2 is 1.62 bits per heavy atom. The van der Waals surface area contributed by atoms with Crippen LogP contribution >= 0.6 is 0 Å². The predicted molar refractivity (Wildman–Crippen MR) is 70.8 cm³/mol. The maximum atomic E-state index is 9.16. The molecule has 1 unspecified atom stereocenters. The van der Waals surface area contributed by atoms with Crippen LogP contribution in [0, 0.1) is 0 Å². The van der Waals surface area contributed by atoms with Crippen LogP contribution in [-0.2, 0) is 0 Å². The van der Waals surface area contributed by atoms with Gasteiger partial charge in [0.1, 0.15) is 0 Å². The quantitative estimate of drug-likeness (QED) is 0.580. The highest BCUT2D eigenvalue weighted by molar-refractivity contribution is 4.58. The summed E-state index contributed by atoms with van der Waals surface area (Å²) in [6, 6.07) is 0. The lowest BCUT2D eigenvalue weighted by molar-refractivity contribution is 0.176. The highest BCUT2D eigenvalue weighted by atomic mass is 16.3. The molecule has 0 aromatic heterocycles. The molecule has 3 nitrogen and oxygen atoms in total. The molecule has 98 valence electrons. The summed E-state index contributed by atoms with van der Waals surface area (Å²) >= 11 is 0. The summed E-state index contributed by atoms with van der Waals surface area (Å²) in [6.07, 6.45) is 4.40. The number of hydrogen-bond donors (Lipinski definition) is 1. The Balaban J connectivity index is 3.44. The number of aliphatic hydroxyl groups excluding tert-OH is 1. The monoisotopic (exact) mass is 230 g/mol. The van der Waals surface area contributed by atoms with Gasteiger partial charge in [-0.3, -0.25) is 0 Å². The van der Waals surface area contributed by atoms with Crippen LogP contribution in [0.4, 0.5) is 0 Å². The van der Waals surface area contributed by atoms with E-state index in [0.717, 1.165) is 19.4 Å². The molecule has 1 atom stereocenters. The average Bonchev–Trinajstić information content (AvgIpc) is 2.20. The molecule has 0 saturated heterocycles. The minimum absolute atomic E-state index is 0.135. The summed E-state index contributed by atoms with van der Waals surface area (Å²) in [5, 5.41) is 9.16. The molecule has 0 aliphatic carbocycles. The summed E-state index contributed by atoms with van der Waals surface area (Å²) < 4.78 is 0. The molecule has 0 amide bonds. The van der Waals surface area contributed by atoms with Crippen molar-refractivity contribution >= 4 is 0 Å². The van der Waals surface area contributed by atoms with E-state index in [4.69, 9.17) is 5.11 Å². The Hall–Kier alpha value is -0.120. The maximum absolute atomic E-state index is 9.16. The molecule has 0 aliphatic heterocycles. The van der Waals surface area contributed by atoms with Crippen LogP contribution in [0.5, 0.6) is 0 Å². The van der Waals surface area contributed by atoms with Crippen LogP contribution in [0.1, 0.15) is 39.5 Å². The molecule has 0 radical (unpaired) electrons. The van der Waals surface area contributed by atoms with Crippen molar-refractivity contribution in [2.45, 2.75) is 45.6 Å². The lowest BCUT2D eigenvalue weighted by atomic mass is 10.1. The number of hydrogen-bond acceptors (Lipinski definition) is 3. The highest BCUT2D eigenvalue weighted by Crippen LogP contribution is 2.02. The Labute approximate surface area is 101 Å². The van der Waals surface area contributed by atoms with Crippen molar-refractivity contribution < 1.29 is 5.11 Å². The predicted octanol–water partition coefficient (Wildman–Crippen LogP) is 1.81. The van der Waals surface area contributed by atoms with E-state index in [-0.39, 0.29) is 6.10 Å². The van der Waals surface area contributed by atoms with Gasteiger partial charge in [-0.2, -0.15) is 0 Å². The second-order valence-corrected chi connectivity index (χ2v) is 4.94. The van der Waals surface area contributed by atoms with Gasteiger partial charge in [0.25, 0.3) is 0 Å². The van der Waals surface area contributed by atoms with Crippen molar-refractivity contribution in [3.8, 4) is 0 Å². The van der Waals surface area contributed by atoms with Gasteiger partial charge in [-0.15, -0.1) is 0 Å². The van der Waals surface area contributed by atoms with Gasteiger partial charge in [0, 0.05) is 0 Å². The van der Waals surface area contributed by atoms with Gasteiger partial charge in [-0.25, -0.2) is 0 Å². The first-order valence-electron chi connectivity index (χ1n) is 6.61. The van der Waals surface area contributed by atoms with Crippen LogP contribution in [0.3, 0.4) is 0 Å². The molecule has 0 rings (SSSR count). The number of unbranched alkanes of at least 4 members (excludes halogenated alkanes) is 1. The average molecular weight is 230 g/mol. The van der Waals surface area contributed by atoms with Crippen molar-refractivity contribution in [3.63, 3.8) is 0 Å². The van der Waals surface area contributed by atoms with Crippen LogP contribution in [0.2, 0.25) is 0 Å². The van der Waals surface area contributed by atoms with Crippen LogP contribution < -0.4 is 0 Å². The smallest absolute Gasteiger partial charge is 0.0512 e. The van der Waals surface area contributed by atoms with Crippen molar-refractivity contribution in [2.75, 3.05) is 40.3 Å². The van der Waals surface area contributed by atoms with Gasteiger partial charge in [-0.1, -0.05) is 6.92 Å². The van der Waals surface area contributed by atoms with Gasteiger partial charge in [-0.05, 0) is 72.9 Å². The van der Waals surface area contributed by atoms with Gasteiger partial charge in [0.2, 0.25) is 0 Å². The Kier molecular flexibility index (Phi) is 9.99. The third kappa shape index (κ3) is 10.4. The summed E-state index contributed by atoms with van der Waals surface area (Å²) in [5.41, 5.74) is 0. The standard InChI is InChI=1S/C13H30N2O/c1-5-15(12-8-10-14(3)4)11-7-6-9-13(2)16/h13,16H,5-12H2,1-4H3. The fraction of sp³-hybridized carbons (Fsp3) is 1.00. The van der Waals surface area contributed by atoms with Crippen molar-refractivity contribution in [3.05, 3.63) is 0 Å². The summed E-state index contributed by atoms with van der Waals surface area (Å²) in [6.45, 7) is 8.78. The normalized spacial score (nSPS) is 13.7. The lowest BCUT2D eigenvalue weighted by Gasteiger charge is -2.21. The molecule has 16 heavy (non-hydrogen) atoms. The Bertz CT molecular complexity index is 149. The molecule has 0 aliphatic rings. The van der Waals surface area contributed by atoms with Crippen molar-refractivity contribution in [2.24, 2.45) is 0 Å². The van der Waals surface area contributed by atoms with Crippen LogP contribution in [0.25, 0.3) is 0 Å². The number of nitrogens with zero attached hydrogens (tertiary/aromatic N) is 2. The van der Waals surface area contributed by atoms with Crippen molar-refractivity contribution in [1.82, 2.24) is 9.80 Å². The van der Waals surface area contributed by atoms with Gasteiger partial charge in [0.05, 0.1) is 6.10 Å². The molecule has 3 heteroatoms. The van der Waals surface area contributed by atoms with E-state index < -0.39 is 0 Å². The number of aliphatic hydroxyl groups is 1.